The van der Waals surface area contributed by atoms with Crippen molar-refractivity contribution in [2.45, 2.75) is 19.9 Å². The lowest BCUT2D eigenvalue weighted by Gasteiger charge is -2.21. The van der Waals surface area contributed by atoms with Crippen LogP contribution in [-0.4, -0.2) is 13.7 Å². The van der Waals surface area contributed by atoms with Crippen molar-refractivity contribution in [2.24, 2.45) is 0 Å². The normalized spacial score (nSPS) is 12.5. The van der Waals surface area contributed by atoms with Crippen LogP contribution in [0.3, 0.4) is 0 Å². The second-order valence-electron chi connectivity index (χ2n) is 4.60. The van der Waals surface area contributed by atoms with Gasteiger partial charge in [0.05, 0.1) is 22.6 Å². The predicted molar refractivity (Wildman–Crippen MR) is 95.3 cm³/mol. The van der Waals surface area contributed by atoms with Crippen LogP contribution in [0.5, 0.6) is 5.75 Å². The molecule has 0 spiro atoms. The number of rotatable bonds is 5. The molecule has 0 saturated carbocycles. The van der Waals surface area contributed by atoms with Gasteiger partial charge in [-0.3, -0.25) is 0 Å². The molecular formula is C15H16BrCl2NOS. The summed E-state index contributed by atoms with van der Waals surface area (Å²) >= 11 is 17.8. The lowest BCUT2D eigenvalue weighted by atomic mass is 10.0. The molecule has 1 heterocycles. The molecule has 1 unspecified atom stereocenters. The van der Waals surface area contributed by atoms with E-state index in [1.54, 1.807) is 18.4 Å². The Kier molecular flexibility index (Phi) is 5.97. The van der Waals surface area contributed by atoms with E-state index in [2.05, 4.69) is 33.6 Å². The summed E-state index contributed by atoms with van der Waals surface area (Å²) in [4.78, 5) is 1.07. The lowest BCUT2D eigenvalue weighted by molar-refractivity contribution is 0.402. The fourth-order valence-electron chi connectivity index (χ4n) is 2.20. The van der Waals surface area contributed by atoms with Gasteiger partial charge in [-0.05, 0) is 52.5 Å². The summed E-state index contributed by atoms with van der Waals surface area (Å²) in [6.45, 7) is 4.88. The van der Waals surface area contributed by atoms with Crippen molar-refractivity contribution in [2.75, 3.05) is 13.7 Å². The standard InChI is InChI=1S/C15H16BrCl2NOS/c1-4-19-13(15-12(18)8(2)7-21-15)10-5-9(17)6-11(16)14(10)20-3/h5-7,13,19H,4H2,1-3H3. The number of benzene rings is 1. The Morgan fingerprint density at radius 3 is 2.62 bits per heavy atom. The van der Waals surface area contributed by atoms with Crippen molar-refractivity contribution in [3.8, 4) is 5.75 Å². The van der Waals surface area contributed by atoms with Crippen LogP contribution in [0.15, 0.2) is 22.0 Å². The minimum Gasteiger partial charge on any atom is -0.495 e. The number of thiophene rings is 1. The Morgan fingerprint density at radius 1 is 1.38 bits per heavy atom. The monoisotopic (exact) mass is 407 g/mol. The van der Waals surface area contributed by atoms with E-state index in [9.17, 15) is 0 Å². The number of methoxy groups -OCH3 is 1. The van der Waals surface area contributed by atoms with E-state index in [0.29, 0.717) is 5.02 Å². The molecule has 0 amide bonds. The van der Waals surface area contributed by atoms with E-state index in [-0.39, 0.29) is 6.04 Å². The van der Waals surface area contributed by atoms with Gasteiger partial charge >= 0.3 is 0 Å². The van der Waals surface area contributed by atoms with Gasteiger partial charge in [0.15, 0.2) is 0 Å². The van der Waals surface area contributed by atoms with Crippen LogP contribution in [0.25, 0.3) is 0 Å². The molecule has 6 heteroatoms. The summed E-state index contributed by atoms with van der Waals surface area (Å²) in [5.74, 6) is 0.771. The maximum Gasteiger partial charge on any atom is 0.138 e. The molecule has 0 bridgehead atoms. The molecule has 2 nitrogen and oxygen atoms in total. The maximum absolute atomic E-state index is 6.45. The fourth-order valence-corrected chi connectivity index (χ4v) is 4.59. The van der Waals surface area contributed by atoms with Gasteiger partial charge in [-0.25, -0.2) is 0 Å². The molecule has 1 N–H and O–H groups in total. The molecule has 1 atom stereocenters. The molecule has 1 aromatic heterocycles. The molecule has 0 fully saturated rings. The summed E-state index contributed by atoms with van der Waals surface area (Å²) in [6, 6.07) is 3.70. The highest BCUT2D eigenvalue weighted by Gasteiger charge is 2.24. The third-order valence-electron chi connectivity index (χ3n) is 3.15. The molecule has 0 saturated heterocycles. The highest BCUT2D eigenvalue weighted by Crippen LogP contribution is 2.42. The Balaban J connectivity index is 2.60. The first-order chi connectivity index (χ1) is 9.99. The van der Waals surface area contributed by atoms with Gasteiger partial charge in [0.1, 0.15) is 5.75 Å². The SMILES string of the molecule is CCNC(c1cc(Cl)cc(Br)c1OC)c1scc(C)c1Cl. The van der Waals surface area contributed by atoms with Gasteiger partial charge < -0.3 is 10.1 Å². The van der Waals surface area contributed by atoms with Crippen LogP contribution in [0.4, 0.5) is 0 Å². The number of aryl methyl sites for hydroxylation is 1. The summed E-state index contributed by atoms with van der Waals surface area (Å²) < 4.78 is 6.38. The molecule has 0 aliphatic heterocycles. The van der Waals surface area contributed by atoms with Crippen LogP contribution in [0.2, 0.25) is 10.0 Å². The van der Waals surface area contributed by atoms with Gasteiger partial charge in [-0.15, -0.1) is 11.3 Å². The molecule has 2 rings (SSSR count). The van der Waals surface area contributed by atoms with E-state index in [1.165, 1.54) is 0 Å². The topological polar surface area (TPSA) is 21.3 Å². The van der Waals surface area contributed by atoms with Crippen LogP contribution < -0.4 is 10.1 Å². The molecule has 0 aliphatic rings. The second kappa shape index (κ2) is 7.34. The Morgan fingerprint density at radius 2 is 2.10 bits per heavy atom. The number of ether oxygens (including phenoxy) is 1. The third-order valence-corrected chi connectivity index (χ3v) is 5.73. The number of nitrogens with one attached hydrogen (secondary N) is 1. The lowest BCUT2D eigenvalue weighted by Crippen LogP contribution is -2.22. The summed E-state index contributed by atoms with van der Waals surface area (Å²) in [6.07, 6.45) is 0. The third kappa shape index (κ3) is 3.57. The first-order valence-electron chi connectivity index (χ1n) is 6.49. The van der Waals surface area contributed by atoms with E-state index in [4.69, 9.17) is 27.9 Å². The van der Waals surface area contributed by atoms with E-state index in [0.717, 1.165) is 37.8 Å². The van der Waals surface area contributed by atoms with Gasteiger partial charge in [-0.2, -0.15) is 0 Å². The first-order valence-corrected chi connectivity index (χ1v) is 8.92. The molecule has 0 radical (unpaired) electrons. The maximum atomic E-state index is 6.45. The highest BCUT2D eigenvalue weighted by atomic mass is 79.9. The average molecular weight is 409 g/mol. The summed E-state index contributed by atoms with van der Waals surface area (Å²) in [5, 5.41) is 6.98. The van der Waals surface area contributed by atoms with Crippen molar-refractivity contribution >= 4 is 50.5 Å². The first kappa shape index (κ1) is 17.1. The zero-order chi connectivity index (χ0) is 15.6. The zero-order valence-corrected chi connectivity index (χ0v) is 15.9. The molecule has 21 heavy (non-hydrogen) atoms. The summed E-state index contributed by atoms with van der Waals surface area (Å²) in [5.41, 5.74) is 2.06. The largest absolute Gasteiger partial charge is 0.495 e. The highest BCUT2D eigenvalue weighted by molar-refractivity contribution is 9.10. The van der Waals surface area contributed by atoms with E-state index >= 15 is 0 Å². The van der Waals surface area contributed by atoms with Gasteiger partial charge in [0.2, 0.25) is 0 Å². The van der Waals surface area contributed by atoms with E-state index in [1.807, 2.05) is 19.1 Å². The van der Waals surface area contributed by atoms with Crippen LogP contribution >= 0.6 is 50.5 Å². The Labute approximate surface area is 147 Å². The van der Waals surface area contributed by atoms with Crippen LogP contribution in [0, 0.1) is 6.92 Å². The Hall–Kier alpha value is -0.260. The Bertz CT molecular complexity index is 645. The van der Waals surface area contributed by atoms with Crippen molar-refractivity contribution in [1.82, 2.24) is 5.32 Å². The molecular weight excluding hydrogens is 393 g/mol. The molecule has 114 valence electrons. The zero-order valence-electron chi connectivity index (χ0n) is 12.0. The van der Waals surface area contributed by atoms with Crippen molar-refractivity contribution in [3.63, 3.8) is 0 Å². The minimum absolute atomic E-state index is 0.0499. The van der Waals surface area contributed by atoms with Crippen LogP contribution in [0.1, 0.15) is 29.0 Å². The molecule has 1 aromatic carbocycles. The predicted octanol–water partition coefficient (Wildman–Crippen LogP) is 5.83. The van der Waals surface area contributed by atoms with Crippen molar-refractivity contribution in [1.29, 1.82) is 0 Å². The van der Waals surface area contributed by atoms with Crippen LogP contribution in [-0.2, 0) is 0 Å². The average Bonchev–Trinajstić information content (AvgIpc) is 2.76. The minimum atomic E-state index is -0.0499. The van der Waals surface area contributed by atoms with Crippen molar-refractivity contribution in [3.05, 3.63) is 48.0 Å². The smallest absolute Gasteiger partial charge is 0.138 e. The summed E-state index contributed by atoms with van der Waals surface area (Å²) in [7, 11) is 1.65. The van der Waals surface area contributed by atoms with Gasteiger partial charge in [0, 0.05) is 15.5 Å². The fraction of sp³-hybridized carbons (Fsp3) is 0.333. The number of hydrogen-bond donors (Lipinski definition) is 1. The molecule has 0 aliphatic carbocycles. The number of hydrogen-bond acceptors (Lipinski definition) is 3. The van der Waals surface area contributed by atoms with Gasteiger partial charge in [-0.1, -0.05) is 30.1 Å². The second-order valence-corrected chi connectivity index (χ2v) is 7.18. The molecule has 2 aromatic rings. The van der Waals surface area contributed by atoms with E-state index < -0.39 is 0 Å². The van der Waals surface area contributed by atoms with Gasteiger partial charge in [0.25, 0.3) is 0 Å². The quantitative estimate of drug-likeness (QED) is 0.671. The van der Waals surface area contributed by atoms with Crippen molar-refractivity contribution < 1.29 is 4.74 Å². The number of halogens is 3.